The van der Waals surface area contributed by atoms with Gasteiger partial charge in [-0.3, -0.25) is 0 Å². The SMILES string of the molecule is CCCCc1nnn(CC)c1C(Cl)(Cl)C(Cl)(Cl)Cl. The number of alkyl halides is 5. The van der Waals surface area contributed by atoms with E-state index in [9.17, 15) is 0 Å². The van der Waals surface area contributed by atoms with Crippen LogP contribution in [0.15, 0.2) is 0 Å². The lowest BCUT2D eigenvalue weighted by Gasteiger charge is -2.28. The molecular weight excluding hydrogens is 339 g/mol. The van der Waals surface area contributed by atoms with Crippen LogP contribution in [-0.2, 0) is 17.3 Å². The third-order valence-electron chi connectivity index (χ3n) is 2.52. The minimum absolute atomic E-state index is 0.460. The molecule has 0 aliphatic heterocycles. The largest absolute Gasteiger partial charge is 0.246 e. The van der Waals surface area contributed by atoms with Gasteiger partial charge in [0.2, 0.25) is 8.13 Å². The molecule has 0 aromatic carbocycles. The van der Waals surface area contributed by atoms with Gasteiger partial charge in [0, 0.05) is 6.54 Å². The first kappa shape index (κ1) is 16.6. The van der Waals surface area contributed by atoms with Crippen molar-refractivity contribution in [2.45, 2.75) is 47.8 Å². The standard InChI is InChI=1S/C10H14Cl5N3/c1-3-5-6-7-8(18(4-2)17-16-7)9(11,12)10(13,14)15/h3-6H2,1-2H3. The van der Waals surface area contributed by atoms with Crippen LogP contribution in [0.5, 0.6) is 0 Å². The van der Waals surface area contributed by atoms with Crippen molar-refractivity contribution in [2.24, 2.45) is 0 Å². The van der Waals surface area contributed by atoms with Crippen LogP contribution in [0.25, 0.3) is 0 Å². The number of rotatable bonds is 5. The van der Waals surface area contributed by atoms with E-state index in [-0.39, 0.29) is 0 Å². The monoisotopic (exact) mass is 351 g/mol. The van der Waals surface area contributed by atoms with Gasteiger partial charge in [0.1, 0.15) is 5.69 Å². The fraction of sp³-hybridized carbons (Fsp3) is 0.800. The summed E-state index contributed by atoms with van der Waals surface area (Å²) in [6, 6.07) is 0. The second kappa shape index (κ2) is 6.36. The summed E-state index contributed by atoms with van der Waals surface area (Å²) < 4.78 is -1.97. The quantitative estimate of drug-likeness (QED) is 0.722. The minimum Gasteiger partial charge on any atom is -0.246 e. The molecule has 0 amide bonds. The highest BCUT2D eigenvalue weighted by Gasteiger charge is 2.51. The zero-order valence-electron chi connectivity index (χ0n) is 10.1. The van der Waals surface area contributed by atoms with Crippen LogP contribution in [-0.4, -0.2) is 18.8 Å². The molecule has 104 valence electrons. The summed E-state index contributed by atoms with van der Waals surface area (Å²) in [7, 11) is 0. The molecule has 0 spiro atoms. The summed E-state index contributed by atoms with van der Waals surface area (Å²) in [4.78, 5) is 0. The first-order valence-electron chi connectivity index (χ1n) is 5.63. The maximum absolute atomic E-state index is 6.22. The van der Waals surface area contributed by atoms with Gasteiger partial charge < -0.3 is 0 Å². The minimum atomic E-state index is -1.86. The normalized spacial score (nSPS) is 13.1. The molecule has 0 aliphatic rings. The van der Waals surface area contributed by atoms with Crippen LogP contribution in [0.3, 0.4) is 0 Å². The van der Waals surface area contributed by atoms with Crippen LogP contribution < -0.4 is 0 Å². The molecule has 8 heteroatoms. The zero-order chi connectivity index (χ0) is 14.0. The van der Waals surface area contributed by atoms with Crippen molar-refractivity contribution >= 4 is 58.0 Å². The van der Waals surface area contributed by atoms with Crippen molar-refractivity contribution in [2.75, 3.05) is 0 Å². The van der Waals surface area contributed by atoms with Gasteiger partial charge >= 0.3 is 0 Å². The zero-order valence-corrected chi connectivity index (χ0v) is 13.8. The maximum atomic E-state index is 6.22. The Labute approximate surface area is 132 Å². The third-order valence-corrected chi connectivity index (χ3v) is 4.88. The van der Waals surface area contributed by atoms with Gasteiger partial charge in [-0.15, -0.1) is 5.10 Å². The van der Waals surface area contributed by atoms with Crippen molar-refractivity contribution in [1.82, 2.24) is 15.0 Å². The predicted molar refractivity (Wildman–Crippen MR) is 78.0 cm³/mol. The van der Waals surface area contributed by atoms with Gasteiger partial charge in [-0.2, -0.15) is 0 Å². The van der Waals surface area contributed by atoms with E-state index in [1.807, 2.05) is 6.92 Å². The van der Waals surface area contributed by atoms with E-state index in [0.717, 1.165) is 12.8 Å². The second-order valence-electron chi connectivity index (χ2n) is 3.88. The predicted octanol–water partition coefficient (Wildman–Crippen LogP) is 4.64. The van der Waals surface area contributed by atoms with Crippen molar-refractivity contribution < 1.29 is 0 Å². The van der Waals surface area contributed by atoms with E-state index in [4.69, 9.17) is 58.0 Å². The van der Waals surface area contributed by atoms with E-state index < -0.39 is 8.13 Å². The molecule has 0 fully saturated rings. The number of nitrogens with zero attached hydrogens (tertiary/aromatic N) is 3. The molecule has 1 rings (SSSR count). The molecule has 0 aliphatic carbocycles. The highest BCUT2D eigenvalue weighted by atomic mass is 35.6. The van der Waals surface area contributed by atoms with Crippen LogP contribution in [0.1, 0.15) is 38.1 Å². The number of halogens is 5. The van der Waals surface area contributed by atoms with Gasteiger partial charge in [-0.1, -0.05) is 76.6 Å². The van der Waals surface area contributed by atoms with E-state index >= 15 is 0 Å². The lowest BCUT2D eigenvalue weighted by atomic mass is 10.1. The van der Waals surface area contributed by atoms with E-state index in [1.165, 1.54) is 0 Å². The molecule has 0 saturated carbocycles. The fourth-order valence-corrected chi connectivity index (χ4v) is 2.24. The van der Waals surface area contributed by atoms with Gasteiger partial charge in [0.15, 0.2) is 0 Å². The Morgan fingerprint density at radius 2 is 1.72 bits per heavy atom. The van der Waals surface area contributed by atoms with Crippen molar-refractivity contribution in [1.29, 1.82) is 0 Å². The summed E-state index contributed by atoms with van der Waals surface area (Å²) in [5.74, 6) is 0. The molecule has 0 saturated heterocycles. The highest BCUT2D eigenvalue weighted by Crippen LogP contribution is 2.53. The van der Waals surface area contributed by atoms with Gasteiger partial charge in [-0.25, -0.2) is 4.68 Å². The second-order valence-corrected chi connectivity index (χ2v) is 7.48. The third kappa shape index (κ3) is 3.37. The highest BCUT2D eigenvalue weighted by molar-refractivity contribution is 6.75. The topological polar surface area (TPSA) is 30.7 Å². The van der Waals surface area contributed by atoms with Crippen molar-refractivity contribution in [3.8, 4) is 0 Å². The number of hydrogen-bond donors (Lipinski definition) is 0. The number of aromatic nitrogens is 3. The lowest BCUT2D eigenvalue weighted by Crippen LogP contribution is -2.32. The molecular formula is C10H14Cl5N3. The number of hydrogen-bond acceptors (Lipinski definition) is 2. The van der Waals surface area contributed by atoms with Crippen molar-refractivity contribution in [3.63, 3.8) is 0 Å². The van der Waals surface area contributed by atoms with Crippen molar-refractivity contribution in [3.05, 3.63) is 11.4 Å². The molecule has 0 radical (unpaired) electrons. The van der Waals surface area contributed by atoms with Gasteiger partial charge in [0.05, 0.1) is 5.69 Å². The number of aryl methyl sites for hydroxylation is 2. The summed E-state index contributed by atoms with van der Waals surface area (Å²) in [6.45, 7) is 4.52. The lowest BCUT2D eigenvalue weighted by molar-refractivity contribution is 0.580. The molecule has 0 atom stereocenters. The average Bonchev–Trinajstić information content (AvgIpc) is 2.68. The van der Waals surface area contributed by atoms with Crippen LogP contribution >= 0.6 is 58.0 Å². The molecule has 1 heterocycles. The van der Waals surface area contributed by atoms with E-state index in [0.29, 0.717) is 24.4 Å². The average molecular weight is 354 g/mol. The molecule has 1 aromatic heterocycles. The summed E-state index contributed by atoms with van der Waals surface area (Å²) in [6.07, 6.45) is 2.66. The first-order chi connectivity index (χ1) is 8.25. The maximum Gasteiger partial charge on any atom is 0.228 e. The summed E-state index contributed by atoms with van der Waals surface area (Å²) in [5, 5.41) is 8.06. The Morgan fingerprint density at radius 1 is 1.11 bits per heavy atom. The van der Waals surface area contributed by atoms with Gasteiger partial charge in [0.25, 0.3) is 0 Å². The Bertz CT molecular complexity index is 397. The molecule has 3 nitrogen and oxygen atoms in total. The summed E-state index contributed by atoms with van der Waals surface area (Å²) >= 11 is 30.0. The van der Waals surface area contributed by atoms with Crippen LogP contribution in [0.2, 0.25) is 0 Å². The molecule has 1 aromatic rings. The number of unbranched alkanes of at least 4 members (excludes halogenated alkanes) is 1. The Kier molecular flexibility index (Phi) is 5.88. The first-order valence-corrected chi connectivity index (χ1v) is 7.52. The molecule has 0 unspecified atom stereocenters. The van der Waals surface area contributed by atoms with Crippen LogP contribution in [0, 0.1) is 0 Å². The molecule has 18 heavy (non-hydrogen) atoms. The fourth-order valence-electron chi connectivity index (χ4n) is 1.56. The molecule has 0 bridgehead atoms. The van der Waals surface area contributed by atoms with Gasteiger partial charge in [-0.05, 0) is 19.8 Å². The van der Waals surface area contributed by atoms with E-state index in [1.54, 1.807) is 4.68 Å². The van der Waals surface area contributed by atoms with Crippen LogP contribution in [0.4, 0.5) is 0 Å². The summed E-state index contributed by atoms with van der Waals surface area (Å²) in [5.41, 5.74) is 1.14. The molecule has 0 N–H and O–H groups in total. The van der Waals surface area contributed by atoms with E-state index in [2.05, 4.69) is 17.2 Å². The Morgan fingerprint density at radius 3 is 2.17 bits per heavy atom. The smallest absolute Gasteiger partial charge is 0.228 e. The Hall–Kier alpha value is 0.590. The Balaban J connectivity index is 3.23.